The van der Waals surface area contributed by atoms with Gasteiger partial charge in [-0.25, -0.2) is 4.98 Å². The normalized spacial score (nSPS) is 13.1. The number of hydrogen-bond acceptors (Lipinski definition) is 3. The quantitative estimate of drug-likeness (QED) is 0.732. The van der Waals surface area contributed by atoms with Crippen LogP contribution >= 0.6 is 11.3 Å². The zero-order chi connectivity index (χ0) is 12.8. The van der Waals surface area contributed by atoms with E-state index >= 15 is 0 Å². The minimum Gasteiger partial charge on any atom is -0.340 e. The Morgan fingerprint density at radius 1 is 1.21 bits per heavy atom. The van der Waals surface area contributed by atoms with Crippen LogP contribution < -0.4 is 0 Å². The molecule has 0 aliphatic heterocycles. The minimum atomic E-state index is 0.891. The molecule has 0 amide bonds. The first-order valence-electron chi connectivity index (χ1n) is 6.40. The maximum absolute atomic E-state index is 4.78. The third-order valence-corrected chi connectivity index (χ3v) is 4.60. The van der Waals surface area contributed by atoms with Crippen molar-refractivity contribution in [2.24, 2.45) is 0 Å². The lowest BCUT2D eigenvalue weighted by Gasteiger charge is -2.09. The zero-order valence-electron chi connectivity index (χ0n) is 10.6. The van der Waals surface area contributed by atoms with Crippen molar-refractivity contribution in [3.05, 3.63) is 45.9 Å². The molecule has 3 nitrogen and oxygen atoms in total. The van der Waals surface area contributed by atoms with Gasteiger partial charge in [-0.05, 0) is 42.8 Å². The second-order valence-electron chi connectivity index (χ2n) is 4.84. The molecule has 0 spiro atoms. The van der Waals surface area contributed by atoms with E-state index in [2.05, 4.69) is 34.4 Å². The predicted octanol–water partition coefficient (Wildman–Crippen LogP) is 3.61. The lowest BCUT2D eigenvalue weighted by Crippen LogP contribution is -1.99. The topological polar surface area (TPSA) is 41.6 Å². The van der Waals surface area contributed by atoms with Gasteiger partial charge in [0.25, 0.3) is 0 Å². The van der Waals surface area contributed by atoms with Crippen molar-refractivity contribution in [2.45, 2.75) is 19.8 Å². The van der Waals surface area contributed by atoms with Crippen LogP contribution in [0.25, 0.3) is 22.8 Å². The molecule has 4 rings (SSSR count). The molecule has 1 aliphatic rings. The molecule has 0 aromatic carbocycles. The van der Waals surface area contributed by atoms with Crippen molar-refractivity contribution in [1.82, 2.24) is 15.0 Å². The van der Waals surface area contributed by atoms with Gasteiger partial charge in [0.1, 0.15) is 5.69 Å². The number of nitrogens with zero attached hydrogens (tertiary/aromatic N) is 2. The molecule has 0 radical (unpaired) electrons. The Balaban J connectivity index is 1.89. The van der Waals surface area contributed by atoms with Crippen molar-refractivity contribution in [2.75, 3.05) is 0 Å². The minimum absolute atomic E-state index is 0.891. The number of pyridine rings is 1. The monoisotopic (exact) mass is 267 g/mol. The highest BCUT2D eigenvalue weighted by Gasteiger charge is 2.22. The number of H-pyrrole nitrogens is 1. The SMILES string of the molecule is Cc1cccnc1-c1nc2c([nH]1)CCc1sccc1-2. The second-order valence-corrected chi connectivity index (χ2v) is 5.84. The maximum atomic E-state index is 4.78. The van der Waals surface area contributed by atoms with Crippen molar-refractivity contribution >= 4 is 11.3 Å². The second kappa shape index (κ2) is 4.03. The number of aryl methyl sites for hydroxylation is 3. The Morgan fingerprint density at radius 3 is 3.05 bits per heavy atom. The van der Waals surface area contributed by atoms with Crippen LogP contribution in [0.5, 0.6) is 0 Å². The van der Waals surface area contributed by atoms with E-state index in [4.69, 9.17) is 4.98 Å². The first-order chi connectivity index (χ1) is 9.33. The number of thiophene rings is 1. The smallest absolute Gasteiger partial charge is 0.157 e. The van der Waals surface area contributed by atoms with Gasteiger partial charge >= 0.3 is 0 Å². The molecule has 0 saturated carbocycles. The van der Waals surface area contributed by atoms with Gasteiger partial charge in [0.2, 0.25) is 0 Å². The molecular weight excluding hydrogens is 254 g/mol. The average Bonchev–Trinajstić information content (AvgIpc) is 3.04. The highest BCUT2D eigenvalue weighted by molar-refractivity contribution is 7.10. The number of aromatic nitrogens is 3. The molecule has 0 saturated heterocycles. The summed E-state index contributed by atoms with van der Waals surface area (Å²) in [5.74, 6) is 0.891. The summed E-state index contributed by atoms with van der Waals surface area (Å²) in [5.41, 5.74) is 5.75. The van der Waals surface area contributed by atoms with E-state index in [0.29, 0.717) is 0 Å². The molecule has 4 heteroatoms. The van der Waals surface area contributed by atoms with Gasteiger partial charge in [-0.3, -0.25) is 4.98 Å². The fourth-order valence-corrected chi connectivity index (χ4v) is 3.52. The standard InChI is InChI=1S/C15H13N3S/c1-9-3-2-7-16-13(9)15-17-11-4-5-12-10(6-8-19-12)14(11)18-15/h2-3,6-8H,4-5H2,1H3,(H,17,18). The van der Waals surface area contributed by atoms with Crippen LogP contribution in [0.1, 0.15) is 16.1 Å². The van der Waals surface area contributed by atoms with Crippen LogP contribution in [-0.2, 0) is 12.8 Å². The summed E-state index contributed by atoms with van der Waals surface area (Å²) < 4.78 is 0. The summed E-state index contributed by atoms with van der Waals surface area (Å²) in [6.45, 7) is 2.07. The number of fused-ring (bicyclic) bond motifs is 3. The number of rotatable bonds is 1. The maximum Gasteiger partial charge on any atom is 0.157 e. The van der Waals surface area contributed by atoms with Gasteiger partial charge in [-0.2, -0.15) is 0 Å². The lowest BCUT2D eigenvalue weighted by molar-refractivity contribution is 0.926. The van der Waals surface area contributed by atoms with Crippen LogP contribution in [0, 0.1) is 6.92 Å². The molecular formula is C15H13N3S. The molecule has 0 bridgehead atoms. The van der Waals surface area contributed by atoms with Crippen LogP contribution in [-0.4, -0.2) is 15.0 Å². The van der Waals surface area contributed by atoms with Crippen LogP contribution in [0.2, 0.25) is 0 Å². The highest BCUT2D eigenvalue weighted by Crippen LogP contribution is 2.36. The van der Waals surface area contributed by atoms with E-state index in [1.165, 1.54) is 16.1 Å². The van der Waals surface area contributed by atoms with E-state index in [9.17, 15) is 0 Å². The van der Waals surface area contributed by atoms with E-state index in [0.717, 1.165) is 35.6 Å². The van der Waals surface area contributed by atoms with Gasteiger partial charge < -0.3 is 4.98 Å². The van der Waals surface area contributed by atoms with E-state index in [1.54, 1.807) is 0 Å². The highest BCUT2D eigenvalue weighted by atomic mass is 32.1. The summed E-state index contributed by atoms with van der Waals surface area (Å²) in [4.78, 5) is 14.1. The van der Waals surface area contributed by atoms with Crippen molar-refractivity contribution in [3.8, 4) is 22.8 Å². The largest absolute Gasteiger partial charge is 0.340 e. The number of nitrogens with one attached hydrogen (secondary N) is 1. The molecule has 0 unspecified atom stereocenters. The van der Waals surface area contributed by atoms with E-state index in [1.807, 2.05) is 23.6 Å². The Labute approximate surface area is 115 Å². The number of aromatic amines is 1. The first-order valence-corrected chi connectivity index (χ1v) is 7.28. The van der Waals surface area contributed by atoms with Crippen LogP contribution in [0.4, 0.5) is 0 Å². The molecule has 3 aromatic rings. The molecule has 3 heterocycles. The van der Waals surface area contributed by atoms with Gasteiger partial charge in [0, 0.05) is 22.3 Å². The van der Waals surface area contributed by atoms with Crippen LogP contribution in [0.15, 0.2) is 29.8 Å². The lowest BCUT2D eigenvalue weighted by atomic mass is 10.0. The van der Waals surface area contributed by atoms with E-state index in [-0.39, 0.29) is 0 Å². The fourth-order valence-electron chi connectivity index (χ4n) is 2.64. The van der Waals surface area contributed by atoms with Crippen molar-refractivity contribution in [3.63, 3.8) is 0 Å². The van der Waals surface area contributed by atoms with Gasteiger partial charge in [0.15, 0.2) is 5.82 Å². The van der Waals surface area contributed by atoms with Gasteiger partial charge in [-0.1, -0.05) is 6.07 Å². The predicted molar refractivity (Wildman–Crippen MR) is 77.3 cm³/mol. The summed E-state index contributed by atoms with van der Waals surface area (Å²) in [7, 11) is 0. The van der Waals surface area contributed by atoms with Crippen molar-refractivity contribution in [1.29, 1.82) is 0 Å². The first kappa shape index (κ1) is 10.9. The molecule has 0 atom stereocenters. The average molecular weight is 267 g/mol. The third kappa shape index (κ3) is 1.64. The molecule has 1 N–H and O–H groups in total. The summed E-state index contributed by atoms with van der Waals surface area (Å²) in [5, 5.41) is 2.15. The third-order valence-electron chi connectivity index (χ3n) is 3.62. The Bertz CT molecular complexity index is 754. The molecule has 94 valence electrons. The molecule has 0 fully saturated rings. The molecule has 3 aromatic heterocycles. The zero-order valence-corrected chi connectivity index (χ0v) is 11.4. The molecule has 19 heavy (non-hydrogen) atoms. The van der Waals surface area contributed by atoms with Crippen molar-refractivity contribution < 1.29 is 0 Å². The number of imidazole rings is 1. The summed E-state index contributed by atoms with van der Waals surface area (Å²) >= 11 is 1.83. The number of hydrogen-bond donors (Lipinski definition) is 1. The fraction of sp³-hybridized carbons (Fsp3) is 0.200. The Hall–Kier alpha value is -1.94. The van der Waals surface area contributed by atoms with Gasteiger partial charge in [0.05, 0.1) is 5.69 Å². The van der Waals surface area contributed by atoms with E-state index < -0.39 is 0 Å². The summed E-state index contributed by atoms with van der Waals surface area (Å²) in [6, 6.07) is 6.20. The Morgan fingerprint density at radius 2 is 2.16 bits per heavy atom. The van der Waals surface area contributed by atoms with Gasteiger partial charge in [-0.15, -0.1) is 11.3 Å². The van der Waals surface area contributed by atoms with Crippen LogP contribution in [0.3, 0.4) is 0 Å². The molecule has 1 aliphatic carbocycles. The summed E-state index contributed by atoms with van der Waals surface area (Å²) in [6.07, 6.45) is 3.98. The Kier molecular flexibility index (Phi) is 2.32.